The van der Waals surface area contributed by atoms with Crippen molar-refractivity contribution in [2.75, 3.05) is 19.9 Å². The number of nitrogens with zero attached hydrogens (tertiary/aromatic N) is 2. The minimum Gasteiger partial charge on any atom is -0.508 e. The zero-order valence-electron chi connectivity index (χ0n) is 17.7. The van der Waals surface area contributed by atoms with Gasteiger partial charge >= 0.3 is 0 Å². The molecular weight excluding hydrogens is 408 g/mol. The molecule has 0 unspecified atom stereocenters. The number of aromatic hydroxyl groups is 1. The van der Waals surface area contributed by atoms with Crippen molar-refractivity contribution in [3.8, 4) is 11.5 Å². The molecule has 0 heterocycles. The van der Waals surface area contributed by atoms with E-state index < -0.39 is 0 Å². The molecule has 0 aromatic heterocycles. The summed E-state index contributed by atoms with van der Waals surface area (Å²) in [5.41, 5.74) is 2.77. The van der Waals surface area contributed by atoms with Gasteiger partial charge in [0.05, 0.1) is 7.11 Å². The van der Waals surface area contributed by atoms with Gasteiger partial charge in [0.2, 0.25) is 0 Å². The number of amides is 1. The van der Waals surface area contributed by atoms with Crippen LogP contribution in [0.2, 0.25) is 0 Å². The molecule has 5 nitrogen and oxygen atoms in total. The molecule has 0 aliphatic rings. The minimum absolute atomic E-state index is 0.228. The standard InChI is InChI=1S/C25H26N2O3S/c1-30-23-14-10-19(11-15-23)16-17-27(18-20-8-12-22(28)13-9-20)25(31-2)26-24(29)21-6-4-3-5-7-21/h3-15,28H,16-18H2,1-2H3. The second kappa shape index (κ2) is 11.2. The van der Waals surface area contributed by atoms with Crippen molar-refractivity contribution in [1.29, 1.82) is 0 Å². The molecule has 0 atom stereocenters. The molecule has 0 bridgehead atoms. The fraction of sp³-hybridized carbons (Fsp3) is 0.200. The Hall–Kier alpha value is -3.25. The Morgan fingerprint density at radius 1 is 0.968 bits per heavy atom. The van der Waals surface area contributed by atoms with Crippen molar-refractivity contribution in [3.05, 3.63) is 95.6 Å². The number of methoxy groups -OCH3 is 1. The third-order valence-electron chi connectivity index (χ3n) is 4.81. The number of benzene rings is 3. The molecule has 0 aliphatic heterocycles. The Bertz CT molecular complexity index is 1000. The van der Waals surface area contributed by atoms with Crippen molar-refractivity contribution >= 4 is 22.8 Å². The van der Waals surface area contributed by atoms with Crippen LogP contribution in [0, 0.1) is 0 Å². The second-order valence-electron chi connectivity index (χ2n) is 6.96. The Morgan fingerprint density at radius 3 is 2.23 bits per heavy atom. The zero-order valence-corrected chi connectivity index (χ0v) is 18.5. The highest BCUT2D eigenvalue weighted by Gasteiger charge is 2.15. The summed E-state index contributed by atoms with van der Waals surface area (Å²) in [6.45, 7) is 1.27. The largest absolute Gasteiger partial charge is 0.508 e. The molecular formula is C25H26N2O3S. The predicted molar refractivity (Wildman–Crippen MR) is 127 cm³/mol. The lowest BCUT2D eigenvalue weighted by Crippen LogP contribution is -2.31. The van der Waals surface area contributed by atoms with E-state index in [1.165, 1.54) is 17.3 Å². The van der Waals surface area contributed by atoms with Crippen molar-refractivity contribution in [3.63, 3.8) is 0 Å². The summed E-state index contributed by atoms with van der Waals surface area (Å²) in [6.07, 6.45) is 2.72. The SMILES string of the molecule is COc1ccc(CCN(Cc2ccc(O)cc2)C(=NC(=O)c2ccccc2)SC)cc1. The molecule has 0 fully saturated rings. The lowest BCUT2D eigenvalue weighted by molar-refractivity contribution is 0.100. The Labute approximate surface area is 187 Å². The van der Waals surface area contributed by atoms with Gasteiger partial charge in [-0.15, -0.1) is 0 Å². The van der Waals surface area contributed by atoms with E-state index >= 15 is 0 Å². The minimum atomic E-state index is -0.259. The summed E-state index contributed by atoms with van der Waals surface area (Å²) in [6, 6.07) is 24.2. The number of hydrogen-bond acceptors (Lipinski definition) is 4. The lowest BCUT2D eigenvalue weighted by atomic mass is 10.1. The Balaban J connectivity index is 1.82. The van der Waals surface area contributed by atoms with Crippen LogP contribution in [0.1, 0.15) is 21.5 Å². The Morgan fingerprint density at radius 2 is 1.61 bits per heavy atom. The number of aliphatic imine (C=N–C) groups is 1. The highest BCUT2D eigenvalue weighted by molar-refractivity contribution is 8.13. The summed E-state index contributed by atoms with van der Waals surface area (Å²) in [4.78, 5) is 19.2. The van der Waals surface area contributed by atoms with Crippen LogP contribution in [0.5, 0.6) is 11.5 Å². The number of ether oxygens (including phenoxy) is 1. The molecule has 3 aromatic carbocycles. The fourth-order valence-corrected chi connectivity index (χ4v) is 3.69. The topological polar surface area (TPSA) is 62.1 Å². The maximum atomic E-state index is 12.7. The monoisotopic (exact) mass is 434 g/mol. The van der Waals surface area contributed by atoms with Crippen molar-refractivity contribution < 1.29 is 14.6 Å². The van der Waals surface area contributed by atoms with Crippen LogP contribution in [-0.2, 0) is 13.0 Å². The first-order valence-corrected chi connectivity index (χ1v) is 11.2. The summed E-state index contributed by atoms with van der Waals surface area (Å²) < 4.78 is 5.23. The molecule has 31 heavy (non-hydrogen) atoms. The molecule has 6 heteroatoms. The van der Waals surface area contributed by atoms with Crippen LogP contribution in [0.15, 0.2) is 83.9 Å². The summed E-state index contributed by atoms with van der Waals surface area (Å²) in [5.74, 6) is 0.793. The smallest absolute Gasteiger partial charge is 0.279 e. The lowest BCUT2D eigenvalue weighted by Gasteiger charge is -2.25. The molecule has 0 aliphatic carbocycles. The molecule has 0 saturated heterocycles. The van der Waals surface area contributed by atoms with E-state index in [4.69, 9.17) is 4.74 Å². The van der Waals surface area contributed by atoms with Crippen LogP contribution in [0.3, 0.4) is 0 Å². The van der Waals surface area contributed by atoms with Crippen molar-refractivity contribution in [1.82, 2.24) is 4.90 Å². The van der Waals surface area contributed by atoms with Crippen molar-refractivity contribution in [2.24, 2.45) is 4.99 Å². The van der Waals surface area contributed by atoms with E-state index in [-0.39, 0.29) is 11.7 Å². The van der Waals surface area contributed by atoms with Gasteiger partial charge in [-0.2, -0.15) is 4.99 Å². The van der Waals surface area contributed by atoms with E-state index in [2.05, 4.69) is 9.89 Å². The van der Waals surface area contributed by atoms with Crippen LogP contribution in [0.4, 0.5) is 0 Å². The summed E-state index contributed by atoms with van der Waals surface area (Å²) >= 11 is 1.45. The number of amidine groups is 1. The fourth-order valence-electron chi connectivity index (χ4n) is 3.10. The normalized spacial score (nSPS) is 11.2. The number of carbonyl (C=O) groups excluding carboxylic acids is 1. The highest BCUT2D eigenvalue weighted by atomic mass is 32.2. The van der Waals surface area contributed by atoms with Gasteiger partial charge < -0.3 is 14.7 Å². The van der Waals surface area contributed by atoms with E-state index in [1.54, 1.807) is 31.4 Å². The molecule has 1 N–H and O–H groups in total. The first kappa shape index (κ1) is 22.4. The van der Waals surface area contributed by atoms with Gasteiger partial charge in [0, 0.05) is 18.7 Å². The number of hydrogen-bond donors (Lipinski definition) is 1. The number of carbonyl (C=O) groups is 1. The third-order valence-corrected chi connectivity index (χ3v) is 5.52. The van der Waals surface area contributed by atoms with E-state index in [0.29, 0.717) is 23.8 Å². The van der Waals surface area contributed by atoms with Gasteiger partial charge in [-0.05, 0) is 60.2 Å². The third kappa shape index (κ3) is 6.62. The molecule has 3 aromatic rings. The number of phenols is 1. The summed E-state index contributed by atoms with van der Waals surface area (Å²) in [7, 11) is 1.65. The van der Waals surface area contributed by atoms with Crippen LogP contribution in [-0.4, -0.2) is 41.0 Å². The van der Waals surface area contributed by atoms with Gasteiger partial charge in [0.15, 0.2) is 5.17 Å². The summed E-state index contributed by atoms with van der Waals surface area (Å²) in [5, 5.41) is 10.3. The first-order chi connectivity index (χ1) is 15.1. The number of phenolic OH excluding ortho intramolecular Hbond substituents is 1. The average molecular weight is 435 g/mol. The molecule has 3 rings (SSSR count). The molecule has 0 radical (unpaired) electrons. The maximum Gasteiger partial charge on any atom is 0.279 e. The van der Waals surface area contributed by atoms with Gasteiger partial charge in [-0.3, -0.25) is 4.79 Å². The van der Waals surface area contributed by atoms with E-state index in [1.807, 2.05) is 60.9 Å². The zero-order chi connectivity index (χ0) is 22.1. The van der Waals surface area contributed by atoms with E-state index in [0.717, 1.165) is 17.7 Å². The van der Waals surface area contributed by atoms with Gasteiger partial charge in [-0.1, -0.05) is 54.2 Å². The molecule has 0 saturated carbocycles. The highest BCUT2D eigenvalue weighted by Crippen LogP contribution is 2.18. The first-order valence-electron chi connectivity index (χ1n) is 9.97. The van der Waals surface area contributed by atoms with Crippen LogP contribution < -0.4 is 4.74 Å². The quantitative estimate of drug-likeness (QED) is 0.419. The number of rotatable bonds is 7. The van der Waals surface area contributed by atoms with Crippen molar-refractivity contribution in [2.45, 2.75) is 13.0 Å². The molecule has 1 amide bonds. The predicted octanol–water partition coefficient (Wildman–Crippen LogP) is 5.00. The maximum absolute atomic E-state index is 12.7. The molecule has 160 valence electrons. The van der Waals surface area contributed by atoms with Crippen LogP contribution in [0.25, 0.3) is 0 Å². The van der Waals surface area contributed by atoms with Gasteiger partial charge in [0.25, 0.3) is 5.91 Å². The molecule has 0 spiro atoms. The van der Waals surface area contributed by atoms with E-state index in [9.17, 15) is 9.90 Å². The second-order valence-corrected chi connectivity index (χ2v) is 7.73. The van der Waals surface area contributed by atoms with Gasteiger partial charge in [-0.25, -0.2) is 0 Å². The van der Waals surface area contributed by atoms with Gasteiger partial charge in [0.1, 0.15) is 11.5 Å². The van der Waals surface area contributed by atoms with Crippen LogP contribution >= 0.6 is 11.8 Å². The average Bonchev–Trinajstić information content (AvgIpc) is 2.82. The number of thioether (sulfide) groups is 1. The Kier molecular flexibility index (Phi) is 8.12.